The molecule has 0 spiro atoms. The monoisotopic (exact) mass is 690 g/mol. The minimum absolute atomic E-state index is 0.0293. The van der Waals surface area contributed by atoms with E-state index in [2.05, 4.69) is 30.6 Å². The van der Waals surface area contributed by atoms with Gasteiger partial charge in [-0.1, -0.05) is 30.3 Å². The normalized spacial score (nSPS) is 18.5. The fourth-order valence-electron chi connectivity index (χ4n) is 6.29. The summed E-state index contributed by atoms with van der Waals surface area (Å²) in [6.07, 6.45) is 9.15. The highest BCUT2D eigenvalue weighted by Crippen LogP contribution is 2.46. The smallest absolute Gasteiger partial charge is 0.331 e. The minimum atomic E-state index is -0.694. The van der Waals surface area contributed by atoms with E-state index in [1.165, 1.54) is 9.80 Å². The number of amides is 4. The average molecular weight is 691 g/mol. The molecular formula is C36H35FN10O4. The number of pyridine rings is 1. The third-order valence-electron chi connectivity index (χ3n) is 9.26. The highest BCUT2D eigenvalue weighted by molar-refractivity contribution is 6.13. The molecule has 0 unspecified atom stereocenters. The Bertz CT molecular complexity index is 2140. The molecule has 14 nitrogen and oxygen atoms in total. The molecule has 1 saturated heterocycles. The van der Waals surface area contributed by atoms with E-state index in [4.69, 9.17) is 9.72 Å². The number of imide groups is 1. The van der Waals surface area contributed by atoms with Crippen LogP contribution in [0.25, 0.3) is 5.65 Å². The van der Waals surface area contributed by atoms with Crippen LogP contribution in [0.5, 0.6) is 0 Å². The zero-order valence-electron chi connectivity index (χ0n) is 27.8. The van der Waals surface area contributed by atoms with E-state index < -0.39 is 11.8 Å². The van der Waals surface area contributed by atoms with Crippen LogP contribution in [0.2, 0.25) is 0 Å². The van der Waals surface area contributed by atoms with Gasteiger partial charge in [0.2, 0.25) is 11.9 Å². The number of carbonyl (C=O) groups excluding carboxylic acids is 3. The molecule has 3 aliphatic rings. The maximum Gasteiger partial charge on any atom is 0.331 e. The van der Waals surface area contributed by atoms with Gasteiger partial charge in [-0.3, -0.25) is 24.7 Å². The van der Waals surface area contributed by atoms with Crippen molar-refractivity contribution < 1.29 is 23.5 Å². The predicted molar refractivity (Wildman–Crippen MR) is 183 cm³/mol. The van der Waals surface area contributed by atoms with Crippen molar-refractivity contribution in [2.75, 3.05) is 35.2 Å². The third-order valence-corrected chi connectivity index (χ3v) is 9.26. The number of aromatic nitrogens is 6. The summed E-state index contributed by atoms with van der Waals surface area (Å²) in [4.78, 5) is 63.8. The molecule has 2 N–H and O–H groups in total. The van der Waals surface area contributed by atoms with E-state index in [1.807, 2.05) is 53.9 Å². The van der Waals surface area contributed by atoms with Gasteiger partial charge in [0.15, 0.2) is 17.3 Å². The van der Waals surface area contributed by atoms with Crippen LogP contribution in [0.1, 0.15) is 59.4 Å². The van der Waals surface area contributed by atoms with Gasteiger partial charge in [-0.2, -0.15) is 4.98 Å². The van der Waals surface area contributed by atoms with Crippen molar-refractivity contribution in [1.82, 2.24) is 34.2 Å². The number of carbonyl (C=O) groups is 3. The largest absolute Gasteiger partial charge is 0.375 e. The van der Waals surface area contributed by atoms with Gasteiger partial charge in [0.25, 0.3) is 5.91 Å². The van der Waals surface area contributed by atoms with Crippen LogP contribution in [0.15, 0.2) is 67.3 Å². The lowest BCUT2D eigenvalue weighted by Crippen LogP contribution is -2.35. The molecule has 1 aromatic carbocycles. The molecule has 3 fully saturated rings. The second-order valence-electron chi connectivity index (χ2n) is 13.1. The van der Waals surface area contributed by atoms with Crippen LogP contribution in [0.4, 0.5) is 26.6 Å². The Hall–Kier alpha value is -5.83. The summed E-state index contributed by atoms with van der Waals surface area (Å²) >= 11 is 0. The Kier molecular flexibility index (Phi) is 8.55. The number of fused-ring (bicyclic) bond motifs is 1. The quantitative estimate of drug-likeness (QED) is 0.132. The number of nitrogens with zero attached hydrogens (tertiary/aromatic N) is 8. The lowest BCUT2D eigenvalue weighted by molar-refractivity contribution is -0.125. The number of aryl methyl sites for hydroxylation is 1. The van der Waals surface area contributed by atoms with Crippen molar-refractivity contribution in [3.8, 4) is 0 Å². The second kappa shape index (κ2) is 13.5. The summed E-state index contributed by atoms with van der Waals surface area (Å²) in [7, 11) is 0. The van der Waals surface area contributed by atoms with Gasteiger partial charge in [-0.25, -0.2) is 29.1 Å². The number of hydrogen-bond donors (Lipinski definition) is 2. The van der Waals surface area contributed by atoms with Crippen molar-refractivity contribution in [3.63, 3.8) is 0 Å². The summed E-state index contributed by atoms with van der Waals surface area (Å²) in [6.45, 7) is 2.59. The second-order valence-corrected chi connectivity index (χ2v) is 13.1. The minimum Gasteiger partial charge on any atom is -0.375 e. The topological polar surface area (TPSA) is 160 Å². The first-order valence-corrected chi connectivity index (χ1v) is 16.9. The van der Waals surface area contributed by atoms with Crippen LogP contribution in [-0.2, 0) is 27.5 Å². The maximum absolute atomic E-state index is 14.8. The van der Waals surface area contributed by atoms with Gasteiger partial charge < -0.3 is 14.5 Å². The van der Waals surface area contributed by atoms with E-state index in [0.717, 1.165) is 35.9 Å². The summed E-state index contributed by atoms with van der Waals surface area (Å²) in [5, 5.41) is 5.64. The van der Waals surface area contributed by atoms with Crippen LogP contribution in [0, 0.1) is 18.7 Å². The Morgan fingerprint density at radius 3 is 2.71 bits per heavy atom. The summed E-state index contributed by atoms with van der Waals surface area (Å²) < 4.78 is 22.4. The summed E-state index contributed by atoms with van der Waals surface area (Å²) in [6, 6.07) is 13.0. The Morgan fingerprint density at radius 1 is 1.06 bits per heavy atom. The number of urea groups is 1. The molecule has 1 aliphatic heterocycles. The van der Waals surface area contributed by atoms with E-state index in [9.17, 15) is 18.8 Å². The van der Waals surface area contributed by atoms with Crippen molar-refractivity contribution in [2.24, 2.45) is 5.92 Å². The molecule has 4 aromatic heterocycles. The summed E-state index contributed by atoms with van der Waals surface area (Å²) in [5.41, 5.74) is 4.46. The molecule has 2 saturated carbocycles. The number of hydrogen-bond acceptors (Lipinski definition) is 10. The van der Waals surface area contributed by atoms with Crippen LogP contribution in [0.3, 0.4) is 0 Å². The maximum atomic E-state index is 14.8. The van der Waals surface area contributed by atoms with E-state index in [0.29, 0.717) is 41.8 Å². The van der Waals surface area contributed by atoms with Crippen LogP contribution in [-0.4, -0.2) is 71.8 Å². The molecule has 15 heteroatoms. The van der Waals surface area contributed by atoms with Gasteiger partial charge in [-0.05, 0) is 55.4 Å². The number of imidazole rings is 1. The number of anilines is 3. The Balaban J connectivity index is 0.942. The van der Waals surface area contributed by atoms with Crippen molar-refractivity contribution in [3.05, 3.63) is 101 Å². The number of nitrogens with one attached hydrogen (secondary N) is 2. The van der Waals surface area contributed by atoms with Crippen LogP contribution < -0.4 is 15.5 Å². The van der Waals surface area contributed by atoms with Gasteiger partial charge in [0.1, 0.15) is 12.4 Å². The van der Waals surface area contributed by atoms with E-state index in [-0.39, 0.29) is 61.7 Å². The first-order chi connectivity index (χ1) is 24.8. The number of ether oxygens (including phenoxy) is 1. The SMILES string of the molecule is Cc1ccnc([C@H]2C[C@@H]2C(=O)Nc2ncc(F)c(NCc3cn4cc(C5CC5)cc(N5CC(=O)N(CCOCc6ccccc6)C5=O)c4n3)n2)n1. The molecule has 5 aromatic rings. The fourth-order valence-corrected chi connectivity index (χ4v) is 6.29. The highest BCUT2D eigenvalue weighted by Gasteiger charge is 2.46. The molecule has 8 rings (SSSR count). The number of rotatable bonds is 13. The summed E-state index contributed by atoms with van der Waals surface area (Å²) in [5.74, 6) is -0.827. The molecule has 0 bridgehead atoms. The molecule has 2 aliphatic carbocycles. The zero-order valence-corrected chi connectivity index (χ0v) is 27.8. The van der Waals surface area contributed by atoms with Crippen LogP contribution >= 0.6 is 0 Å². The standard InChI is InChI=1S/C36H35FN10O4/c1-21-9-10-38-31(41-21)26-14-27(26)34(49)44-35-40-16-28(37)32(43-35)39-15-25-18-45-17-24(23-7-8-23)13-29(33(45)42-25)47-19-30(48)46(36(47)50)11-12-51-20-22-5-3-2-4-6-22/h2-6,9-10,13,16-18,23,26-27H,7-8,11-12,14-15,19-20H2,1H3,(H2,39,40,43,44,49)/t26-,27-/m0/s1. The molecule has 51 heavy (non-hydrogen) atoms. The lowest BCUT2D eigenvalue weighted by atomic mass is 10.1. The third kappa shape index (κ3) is 6.97. The Labute approximate surface area is 292 Å². The van der Waals surface area contributed by atoms with Crippen molar-refractivity contribution >= 4 is 40.9 Å². The van der Waals surface area contributed by atoms with Crippen molar-refractivity contribution in [1.29, 1.82) is 0 Å². The van der Waals surface area contributed by atoms with Gasteiger partial charge in [-0.15, -0.1) is 0 Å². The average Bonchev–Trinajstić information content (AvgIpc) is 4.06. The van der Waals surface area contributed by atoms with Gasteiger partial charge in [0, 0.05) is 36.1 Å². The van der Waals surface area contributed by atoms with E-state index >= 15 is 0 Å². The van der Waals surface area contributed by atoms with Gasteiger partial charge in [0.05, 0.1) is 43.9 Å². The first kappa shape index (κ1) is 32.4. The highest BCUT2D eigenvalue weighted by atomic mass is 19.1. The number of halogens is 1. The molecule has 4 amide bonds. The zero-order chi connectivity index (χ0) is 35.1. The molecular weight excluding hydrogens is 655 g/mol. The van der Waals surface area contributed by atoms with Gasteiger partial charge >= 0.3 is 6.03 Å². The molecule has 260 valence electrons. The predicted octanol–water partition coefficient (Wildman–Crippen LogP) is 4.58. The lowest BCUT2D eigenvalue weighted by Gasteiger charge is -2.18. The Morgan fingerprint density at radius 2 is 1.90 bits per heavy atom. The first-order valence-electron chi connectivity index (χ1n) is 16.9. The molecule has 2 atom stereocenters. The van der Waals surface area contributed by atoms with E-state index in [1.54, 1.807) is 18.5 Å². The van der Waals surface area contributed by atoms with Crippen molar-refractivity contribution in [2.45, 2.75) is 51.2 Å². The molecule has 0 radical (unpaired) electrons. The number of benzene rings is 1. The molecule has 5 heterocycles. The fraction of sp³-hybridized carbons (Fsp3) is 0.333.